The quantitative estimate of drug-likeness (QED) is 0.882. The molecule has 106 valence electrons. The molecule has 0 aliphatic carbocycles. The van der Waals surface area contributed by atoms with Gasteiger partial charge in [-0.3, -0.25) is 4.79 Å². The third-order valence-electron chi connectivity index (χ3n) is 2.44. The summed E-state index contributed by atoms with van der Waals surface area (Å²) in [5.74, 6) is -2.00. The summed E-state index contributed by atoms with van der Waals surface area (Å²) in [7, 11) is 0. The predicted molar refractivity (Wildman–Crippen MR) is 72.3 cm³/mol. The van der Waals surface area contributed by atoms with Crippen LogP contribution in [0.15, 0.2) is 12.1 Å². The van der Waals surface area contributed by atoms with Crippen molar-refractivity contribution in [1.29, 1.82) is 0 Å². The Morgan fingerprint density at radius 2 is 1.74 bits per heavy atom. The zero-order valence-electron chi connectivity index (χ0n) is 11.7. The summed E-state index contributed by atoms with van der Waals surface area (Å²) in [5.41, 5.74) is -0.299. The van der Waals surface area contributed by atoms with E-state index in [4.69, 9.17) is 0 Å². The zero-order valence-corrected chi connectivity index (χ0v) is 11.7. The molecule has 0 aliphatic heterocycles. The van der Waals surface area contributed by atoms with E-state index in [0.717, 1.165) is 12.1 Å². The lowest BCUT2D eigenvalue weighted by Crippen LogP contribution is -2.32. The van der Waals surface area contributed by atoms with Crippen molar-refractivity contribution in [3.05, 3.63) is 29.3 Å². The Labute approximate surface area is 112 Å². The topological polar surface area (TPSA) is 41.1 Å². The number of carbonyl (C=O) groups is 1. The Balaban J connectivity index is 2.88. The molecule has 0 aliphatic rings. The van der Waals surface area contributed by atoms with Gasteiger partial charge in [0.1, 0.15) is 17.3 Å². The van der Waals surface area contributed by atoms with Gasteiger partial charge in [-0.1, -0.05) is 20.8 Å². The van der Waals surface area contributed by atoms with E-state index in [2.05, 4.69) is 10.6 Å². The van der Waals surface area contributed by atoms with Gasteiger partial charge in [0.05, 0.1) is 0 Å². The second-order valence-corrected chi connectivity index (χ2v) is 5.59. The maximum absolute atomic E-state index is 13.7. The van der Waals surface area contributed by atoms with Gasteiger partial charge in [0.2, 0.25) is 0 Å². The molecule has 0 bridgehead atoms. The average molecular weight is 270 g/mol. The molecule has 1 rings (SSSR count). The van der Waals surface area contributed by atoms with Crippen molar-refractivity contribution >= 4 is 11.6 Å². The fourth-order valence-electron chi connectivity index (χ4n) is 1.50. The van der Waals surface area contributed by atoms with Crippen LogP contribution in [-0.2, 0) is 0 Å². The lowest BCUT2D eigenvalue weighted by Gasteiger charge is -2.18. The summed E-state index contributed by atoms with van der Waals surface area (Å²) >= 11 is 0. The van der Waals surface area contributed by atoms with Gasteiger partial charge in [0.15, 0.2) is 0 Å². The molecule has 2 N–H and O–H groups in total. The van der Waals surface area contributed by atoms with Crippen LogP contribution in [0.3, 0.4) is 0 Å². The molecule has 19 heavy (non-hydrogen) atoms. The van der Waals surface area contributed by atoms with Crippen molar-refractivity contribution in [1.82, 2.24) is 5.32 Å². The van der Waals surface area contributed by atoms with Crippen LogP contribution in [0.4, 0.5) is 14.5 Å². The van der Waals surface area contributed by atoms with Crippen LogP contribution < -0.4 is 10.6 Å². The van der Waals surface area contributed by atoms with Gasteiger partial charge in [-0.25, -0.2) is 8.78 Å². The van der Waals surface area contributed by atoms with Gasteiger partial charge in [-0.2, -0.15) is 0 Å². The van der Waals surface area contributed by atoms with Crippen molar-refractivity contribution < 1.29 is 13.6 Å². The Hall–Kier alpha value is -1.65. The van der Waals surface area contributed by atoms with Crippen LogP contribution in [-0.4, -0.2) is 19.0 Å². The number of anilines is 1. The highest BCUT2D eigenvalue weighted by Gasteiger charge is 2.17. The van der Waals surface area contributed by atoms with E-state index >= 15 is 0 Å². The number of amides is 1. The molecule has 3 nitrogen and oxygen atoms in total. The highest BCUT2D eigenvalue weighted by molar-refractivity contribution is 5.94. The first-order chi connectivity index (χ1) is 8.74. The van der Waals surface area contributed by atoms with Crippen molar-refractivity contribution in [2.24, 2.45) is 5.41 Å². The lowest BCUT2D eigenvalue weighted by molar-refractivity contribution is 0.0938. The third-order valence-corrected chi connectivity index (χ3v) is 2.44. The van der Waals surface area contributed by atoms with E-state index in [-0.39, 0.29) is 16.7 Å². The summed E-state index contributed by atoms with van der Waals surface area (Å²) in [6.07, 6.45) is 0. The molecule has 0 heterocycles. The molecule has 0 fully saturated rings. The molecular weight excluding hydrogens is 250 g/mol. The molecule has 0 radical (unpaired) electrons. The van der Waals surface area contributed by atoms with Gasteiger partial charge in [-0.05, 0) is 24.5 Å². The van der Waals surface area contributed by atoms with E-state index in [1.54, 1.807) is 6.92 Å². The molecule has 5 heteroatoms. The molecule has 1 amide bonds. The molecule has 1 aromatic carbocycles. The number of carbonyl (C=O) groups excluding carboxylic acids is 1. The Bertz CT molecular complexity index is 444. The fourth-order valence-corrected chi connectivity index (χ4v) is 1.50. The maximum Gasteiger partial charge on any atom is 0.251 e. The Morgan fingerprint density at radius 3 is 2.16 bits per heavy atom. The van der Waals surface area contributed by atoms with Crippen LogP contribution in [0.5, 0.6) is 0 Å². The SMILES string of the molecule is CCNc1c(F)cc(C(=O)NCC(C)(C)C)cc1F. The van der Waals surface area contributed by atoms with Gasteiger partial charge in [0, 0.05) is 18.7 Å². The first kappa shape index (κ1) is 15.4. The Morgan fingerprint density at radius 1 is 1.21 bits per heavy atom. The second-order valence-electron chi connectivity index (χ2n) is 5.59. The summed E-state index contributed by atoms with van der Waals surface area (Å²) in [5, 5.41) is 5.24. The van der Waals surface area contributed by atoms with Gasteiger partial charge in [-0.15, -0.1) is 0 Å². The molecule has 0 atom stereocenters. The van der Waals surface area contributed by atoms with Gasteiger partial charge in [0.25, 0.3) is 5.91 Å². The van der Waals surface area contributed by atoms with Crippen LogP contribution in [0, 0.1) is 17.0 Å². The fraction of sp³-hybridized carbons (Fsp3) is 0.500. The monoisotopic (exact) mass is 270 g/mol. The van der Waals surface area contributed by atoms with Gasteiger partial charge >= 0.3 is 0 Å². The molecule has 0 saturated carbocycles. The highest BCUT2D eigenvalue weighted by Crippen LogP contribution is 2.21. The summed E-state index contributed by atoms with van der Waals surface area (Å²) in [6.45, 7) is 8.46. The minimum Gasteiger partial charge on any atom is -0.381 e. The minimum atomic E-state index is -0.761. The molecular formula is C14H20F2N2O. The number of hydrogen-bond donors (Lipinski definition) is 2. The van der Waals surface area contributed by atoms with E-state index < -0.39 is 17.5 Å². The van der Waals surface area contributed by atoms with Crippen LogP contribution in [0.1, 0.15) is 38.1 Å². The average Bonchev–Trinajstić information content (AvgIpc) is 2.29. The third kappa shape index (κ3) is 4.50. The van der Waals surface area contributed by atoms with Crippen molar-refractivity contribution in [2.45, 2.75) is 27.7 Å². The standard InChI is InChI=1S/C14H20F2N2O/c1-5-17-12-10(15)6-9(7-11(12)16)13(19)18-8-14(2,3)4/h6-7,17H,5,8H2,1-4H3,(H,18,19). The molecule has 1 aromatic rings. The van der Waals surface area contributed by atoms with Crippen molar-refractivity contribution in [2.75, 3.05) is 18.4 Å². The zero-order chi connectivity index (χ0) is 14.6. The smallest absolute Gasteiger partial charge is 0.251 e. The van der Waals surface area contributed by atoms with E-state index in [9.17, 15) is 13.6 Å². The number of halogens is 2. The minimum absolute atomic E-state index is 0.0131. The number of benzene rings is 1. The Kier molecular flexibility index (Phi) is 4.86. The summed E-state index contributed by atoms with van der Waals surface area (Å²) < 4.78 is 27.3. The van der Waals surface area contributed by atoms with E-state index in [1.165, 1.54) is 0 Å². The second kappa shape index (κ2) is 5.99. The summed E-state index contributed by atoms with van der Waals surface area (Å²) in [6, 6.07) is 2.08. The van der Waals surface area contributed by atoms with E-state index in [1.807, 2.05) is 20.8 Å². The first-order valence-corrected chi connectivity index (χ1v) is 6.25. The molecule has 0 aromatic heterocycles. The normalized spacial score (nSPS) is 11.3. The highest BCUT2D eigenvalue weighted by atomic mass is 19.1. The largest absolute Gasteiger partial charge is 0.381 e. The molecule has 0 unspecified atom stereocenters. The van der Waals surface area contributed by atoms with Gasteiger partial charge < -0.3 is 10.6 Å². The molecule has 0 spiro atoms. The van der Waals surface area contributed by atoms with Crippen molar-refractivity contribution in [3.63, 3.8) is 0 Å². The van der Waals surface area contributed by atoms with Crippen LogP contribution in [0.2, 0.25) is 0 Å². The number of hydrogen-bond acceptors (Lipinski definition) is 2. The first-order valence-electron chi connectivity index (χ1n) is 6.25. The lowest BCUT2D eigenvalue weighted by atomic mass is 9.97. The van der Waals surface area contributed by atoms with Crippen molar-refractivity contribution in [3.8, 4) is 0 Å². The van der Waals surface area contributed by atoms with Crippen LogP contribution >= 0.6 is 0 Å². The molecule has 0 saturated heterocycles. The number of nitrogens with one attached hydrogen (secondary N) is 2. The number of rotatable bonds is 4. The predicted octanol–water partition coefficient (Wildman–Crippen LogP) is 3.17. The summed E-state index contributed by atoms with van der Waals surface area (Å²) in [4.78, 5) is 11.8. The van der Waals surface area contributed by atoms with E-state index in [0.29, 0.717) is 13.1 Å². The van der Waals surface area contributed by atoms with Crippen LogP contribution in [0.25, 0.3) is 0 Å². The maximum atomic E-state index is 13.7.